The maximum absolute atomic E-state index is 5.40. The fourth-order valence-corrected chi connectivity index (χ4v) is 1.31. The monoisotopic (exact) mass is 191 g/mol. The van der Waals surface area contributed by atoms with Crippen LogP contribution in [0.2, 0.25) is 0 Å². The lowest BCUT2D eigenvalue weighted by molar-refractivity contribution is 0.414. The Hall–Kier alpha value is -1.28. The first-order valence-electron chi connectivity index (χ1n) is 4.78. The summed E-state index contributed by atoms with van der Waals surface area (Å²) >= 11 is 0. The number of methoxy groups -OCH3 is 1. The fraction of sp³-hybridized carbons (Fsp3) is 0.333. The van der Waals surface area contributed by atoms with Gasteiger partial charge in [-0.1, -0.05) is 18.2 Å². The first-order valence-corrected chi connectivity index (χ1v) is 4.78. The summed E-state index contributed by atoms with van der Waals surface area (Å²) in [6.45, 7) is 2.75. The Morgan fingerprint density at radius 1 is 1.36 bits per heavy atom. The SMILES string of the molecule is COc1cc(C)cc(C=CCCN)c1. The van der Waals surface area contributed by atoms with E-state index in [0.29, 0.717) is 6.54 Å². The van der Waals surface area contributed by atoms with Crippen molar-refractivity contribution in [2.75, 3.05) is 13.7 Å². The summed E-state index contributed by atoms with van der Waals surface area (Å²) in [5.41, 5.74) is 7.77. The summed E-state index contributed by atoms with van der Waals surface area (Å²) in [6, 6.07) is 6.15. The van der Waals surface area contributed by atoms with Gasteiger partial charge in [0.2, 0.25) is 0 Å². The molecule has 1 rings (SSSR count). The van der Waals surface area contributed by atoms with Crippen LogP contribution in [0.4, 0.5) is 0 Å². The Morgan fingerprint density at radius 3 is 2.79 bits per heavy atom. The third-order valence-corrected chi connectivity index (χ3v) is 1.95. The van der Waals surface area contributed by atoms with E-state index < -0.39 is 0 Å². The van der Waals surface area contributed by atoms with E-state index in [1.54, 1.807) is 7.11 Å². The summed E-state index contributed by atoms with van der Waals surface area (Å²) in [6.07, 6.45) is 5.06. The molecule has 1 aromatic rings. The molecule has 0 fully saturated rings. The third-order valence-electron chi connectivity index (χ3n) is 1.95. The van der Waals surface area contributed by atoms with Crippen LogP contribution in [0.25, 0.3) is 6.08 Å². The van der Waals surface area contributed by atoms with E-state index in [2.05, 4.69) is 25.1 Å². The Bertz CT molecular complexity index is 318. The number of aryl methyl sites for hydroxylation is 1. The minimum Gasteiger partial charge on any atom is -0.497 e. The lowest BCUT2D eigenvalue weighted by Gasteiger charge is -2.03. The molecule has 2 heteroatoms. The van der Waals surface area contributed by atoms with Gasteiger partial charge in [0, 0.05) is 0 Å². The van der Waals surface area contributed by atoms with Gasteiger partial charge in [0.1, 0.15) is 5.75 Å². The Morgan fingerprint density at radius 2 is 2.14 bits per heavy atom. The molecule has 76 valence electrons. The topological polar surface area (TPSA) is 35.2 Å². The fourth-order valence-electron chi connectivity index (χ4n) is 1.31. The second kappa shape index (κ2) is 5.45. The van der Waals surface area contributed by atoms with Crippen LogP contribution in [0.1, 0.15) is 17.5 Å². The molecule has 0 atom stereocenters. The van der Waals surface area contributed by atoms with E-state index in [1.807, 2.05) is 12.1 Å². The van der Waals surface area contributed by atoms with Crippen molar-refractivity contribution >= 4 is 6.08 Å². The molecule has 0 aliphatic carbocycles. The highest BCUT2D eigenvalue weighted by molar-refractivity contribution is 5.53. The van der Waals surface area contributed by atoms with Crippen LogP contribution in [0.15, 0.2) is 24.3 Å². The molecule has 0 amide bonds. The summed E-state index contributed by atoms with van der Waals surface area (Å²) < 4.78 is 5.18. The lowest BCUT2D eigenvalue weighted by atomic mass is 10.1. The quantitative estimate of drug-likeness (QED) is 0.793. The van der Waals surface area contributed by atoms with Gasteiger partial charge in [-0.25, -0.2) is 0 Å². The predicted octanol–water partition coefficient (Wildman–Crippen LogP) is 2.37. The Kier molecular flexibility index (Phi) is 4.20. The van der Waals surface area contributed by atoms with Crippen molar-refractivity contribution in [3.8, 4) is 5.75 Å². The van der Waals surface area contributed by atoms with Crippen molar-refractivity contribution in [2.45, 2.75) is 13.3 Å². The summed E-state index contributed by atoms with van der Waals surface area (Å²) in [5, 5.41) is 0. The zero-order valence-electron chi connectivity index (χ0n) is 8.79. The Balaban J connectivity index is 2.81. The minimum atomic E-state index is 0.694. The van der Waals surface area contributed by atoms with Gasteiger partial charge >= 0.3 is 0 Å². The van der Waals surface area contributed by atoms with Crippen LogP contribution in [0.3, 0.4) is 0 Å². The van der Waals surface area contributed by atoms with Gasteiger partial charge in [0.15, 0.2) is 0 Å². The number of nitrogens with two attached hydrogens (primary N) is 1. The molecule has 0 saturated carbocycles. The number of hydrogen-bond donors (Lipinski definition) is 1. The molecular formula is C12H17NO. The van der Waals surface area contributed by atoms with Crippen LogP contribution < -0.4 is 10.5 Å². The standard InChI is InChI=1S/C12H17NO/c1-10-7-11(5-3-4-6-13)9-12(8-10)14-2/h3,5,7-9H,4,6,13H2,1-2H3. The number of ether oxygens (including phenoxy) is 1. The van der Waals surface area contributed by atoms with Gasteiger partial charge in [-0.2, -0.15) is 0 Å². The smallest absolute Gasteiger partial charge is 0.119 e. The number of hydrogen-bond acceptors (Lipinski definition) is 2. The van der Waals surface area contributed by atoms with E-state index in [0.717, 1.165) is 17.7 Å². The van der Waals surface area contributed by atoms with Gasteiger partial charge < -0.3 is 10.5 Å². The van der Waals surface area contributed by atoms with Gasteiger partial charge in [-0.3, -0.25) is 0 Å². The van der Waals surface area contributed by atoms with Crippen LogP contribution >= 0.6 is 0 Å². The zero-order chi connectivity index (χ0) is 10.4. The summed E-state index contributed by atoms with van der Waals surface area (Å²) in [4.78, 5) is 0. The average Bonchev–Trinajstić information content (AvgIpc) is 2.17. The van der Waals surface area contributed by atoms with Crippen molar-refractivity contribution < 1.29 is 4.74 Å². The van der Waals surface area contributed by atoms with E-state index in [4.69, 9.17) is 10.5 Å². The average molecular weight is 191 g/mol. The van der Waals surface area contributed by atoms with Crippen molar-refractivity contribution in [3.05, 3.63) is 35.4 Å². The molecule has 0 bridgehead atoms. The molecule has 0 unspecified atom stereocenters. The molecule has 0 aromatic heterocycles. The molecule has 2 nitrogen and oxygen atoms in total. The van der Waals surface area contributed by atoms with E-state index >= 15 is 0 Å². The van der Waals surface area contributed by atoms with E-state index in [-0.39, 0.29) is 0 Å². The molecule has 0 saturated heterocycles. The highest BCUT2D eigenvalue weighted by Gasteiger charge is 1.94. The van der Waals surface area contributed by atoms with Crippen LogP contribution in [-0.2, 0) is 0 Å². The molecule has 0 spiro atoms. The third kappa shape index (κ3) is 3.23. The lowest BCUT2D eigenvalue weighted by Crippen LogP contribution is -1.95. The molecule has 14 heavy (non-hydrogen) atoms. The largest absolute Gasteiger partial charge is 0.497 e. The molecule has 1 aromatic carbocycles. The molecule has 0 heterocycles. The molecular weight excluding hydrogens is 174 g/mol. The second-order valence-electron chi connectivity index (χ2n) is 3.26. The molecule has 0 aliphatic rings. The van der Waals surface area contributed by atoms with Crippen LogP contribution in [0, 0.1) is 6.92 Å². The number of benzene rings is 1. The van der Waals surface area contributed by atoms with Gasteiger partial charge in [-0.15, -0.1) is 0 Å². The maximum Gasteiger partial charge on any atom is 0.119 e. The Labute approximate surface area is 85.4 Å². The van der Waals surface area contributed by atoms with Crippen molar-refractivity contribution in [1.82, 2.24) is 0 Å². The van der Waals surface area contributed by atoms with Gasteiger partial charge in [0.05, 0.1) is 7.11 Å². The van der Waals surface area contributed by atoms with Gasteiger partial charge in [0.25, 0.3) is 0 Å². The second-order valence-corrected chi connectivity index (χ2v) is 3.26. The van der Waals surface area contributed by atoms with Crippen molar-refractivity contribution in [3.63, 3.8) is 0 Å². The summed E-state index contributed by atoms with van der Waals surface area (Å²) in [7, 11) is 1.68. The zero-order valence-corrected chi connectivity index (χ0v) is 8.79. The number of rotatable bonds is 4. The van der Waals surface area contributed by atoms with Crippen LogP contribution in [0.5, 0.6) is 5.75 Å². The highest BCUT2D eigenvalue weighted by Crippen LogP contribution is 2.17. The molecule has 2 N–H and O–H groups in total. The maximum atomic E-state index is 5.40. The molecule has 0 radical (unpaired) electrons. The van der Waals surface area contributed by atoms with E-state index in [1.165, 1.54) is 5.56 Å². The van der Waals surface area contributed by atoms with Crippen molar-refractivity contribution in [1.29, 1.82) is 0 Å². The molecule has 0 aliphatic heterocycles. The predicted molar refractivity (Wildman–Crippen MR) is 60.4 cm³/mol. The summed E-state index contributed by atoms with van der Waals surface area (Å²) in [5.74, 6) is 0.900. The highest BCUT2D eigenvalue weighted by atomic mass is 16.5. The van der Waals surface area contributed by atoms with E-state index in [9.17, 15) is 0 Å². The minimum absolute atomic E-state index is 0.694. The van der Waals surface area contributed by atoms with Crippen LogP contribution in [-0.4, -0.2) is 13.7 Å². The van der Waals surface area contributed by atoms with Crippen molar-refractivity contribution in [2.24, 2.45) is 5.73 Å². The first-order chi connectivity index (χ1) is 6.76. The van der Waals surface area contributed by atoms with Gasteiger partial charge in [-0.05, 0) is 43.1 Å². The normalized spacial score (nSPS) is 10.8. The first kappa shape index (κ1) is 10.8.